The van der Waals surface area contributed by atoms with Crippen LogP contribution in [0.4, 0.5) is 15.8 Å². The largest absolute Gasteiger partial charge is 0.490 e. The van der Waals surface area contributed by atoms with E-state index in [9.17, 15) is 4.39 Å². The molecule has 4 heteroatoms. The molecule has 3 nitrogen and oxygen atoms in total. The zero-order chi connectivity index (χ0) is 15.2. The molecule has 0 radical (unpaired) electrons. The normalized spacial score (nSPS) is 16.5. The second-order valence-corrected chi connectivity index (χ2v) is 5.95. The van der Waals surface area contributed by atoms with Crippen molar-refractivity contribution in [2.24, 2.45) is 0 Å². The molecule has 0 atom stereocenters. The molecule has 1 aromatic carbocycles. The van der Waals surface area contributed by atoms with Crippen molar-refractivity contribution in [1.29, 1.82) is 0 Å². The van der Waals surface area contributed by atoms with E-state index >= 15 is 0 Å². The molecule has 2 N–H and O–H groups in total. The van der Waals surface area contributed by atoms with Crippen LogP contribution in [-0.2, 0) is 0 Å². The predicted octanol–water partition coefficient (Wildman–Crippen LogP) is 4.36. The summed E-state index contributed by atoms with van der Waals surface area (Å²) in [6, 6.07) is 3.62. The Morgan fingerprint density at radius 2 is 1.90 bits per heavy atom. The molecule has 0 heterocycles. The lowest BCUT2D eigenvalue weighted by atomic mass is 10.1. The molecule has 1 aliphatic rings. The summed E-state index contributed by atoms with van der Waals surface area (Å²) in [6.07, 6.45) is 8.36. The van der Waals surface area contributed by atoms with E-state index in [1.807, 2.05) is 6.92 Å². The van der Waals surface area contributed by atoms with E-state index in [2.05, 4.69) is 11.9 Å². The second kappa shape index (κ2) is 7.53. The van der Waals surface area contributed by atoms with Crippen LogP contribution in [0, 0.1) is 5.82 Å². The summed E-state index contributed by atoms with van der Waals surface area (Å²) >= 11 is 0. The van der Waals surface area contributed by atoms with E-state index < -0.39 is 0 Å². The first-order valence-corrected chi connectivity index (χ1v) is 8.08. The molecule has 1 fully saturated rings. The van der Waals surface area contributed by atoms with Crippen molar-refractivity contribution < 1.29 is 9.13 Å². The number of ether oxygens (including phenoxy) is 1. The van der Waals surface area contributed by atoms with Gasteiger partial charge < -0.3 is 15.4 Å². The zero-order valence-corrected chi connectivity index (χ0v) is 13.2. The lowest BCUT2D eigenvalue weighted by molar-refractivity contribution is 0.301. The van der Waals surface area contributed by atoms with Gasteiger partial charge in [-0.3, -0.25) is 0 Å². The van der Waals surface area contributed by atoms with Gasteiger partial charge in [-0.25, -0.2) is 4.39 Å². The maximum Gasteiger partial charge on any atom is 0.167 e. The molecule has 1 saturated carbocycles. The van der Waals surface area contributed by atoms with Crippen LogP contribution in [0.15, 0.2) is 12.1 Å². The first-order chi connectivity index (χ1) is 10.1. The lowest BCUT2D eigenvalue weighted by Gasteiger charge is -2.30. The number of halogens is 1. The standard InChI is InChI=1S/C17H27FN2O/c1-3-10-21-17-12-16(15(19)11-14(17)18)20(2)13-8-6-4-5-7-9-13/h11-13H,3-10,19H2,1-2H3. The third-order valence-electron chi connectivity index (χ3n) is 4.30. The van der Waals surface area contributed by atoms with Gasteiger partial charge in [0.1, 0.15) is 0 Å². The smallest absolute Gasteiger partial charge is 0.167 e. The summed E-state index contributed by atoms with van der Waals surface area (Å²) in [6.45, 7) is 2.53. The number of rotatable bonds is 5. The lowest BCUT2D eigenvalue weighted by Crippen LogP contribution is -2.31. The van der Waals surface area contributed by atoms with Crippen molar-refractivity contribution >= 4 is 11.4 Å². The van der Waals surface area contributed by atoms with Gasteiger partial charge in [0.05, 0.1) is 18.0 Å². The first-order valence-electron chi connectivity index (χ1n) is 8.08. The second-order valence-electron chi connectivity index (χ2n) is 5.95. The van der Waals surface area contributed by atoms with Gasteiger partial charge in [0.25, 0.3) is 0 Å². The molecule has 0 bridgehead atoms. The van der Waals surface area contributed by atoms with Gasteiger partial charge in [-0.1, -0.05) is 32.6 Å². The molecule has 0 amide bonds. The van der Waals surface area contributed by atoms with Crippen LogP contribution < -0.4 is 15.4 Å². The Balaban J connectivity index is 2.20. The van der Waals surface area contributed by atoms with E-state index in [4.69, 9.17) is 10.5 Å². The van der Waals surface area contributed by atoms with Crippen molar-refractivity contribution in [3.63, 3.8) is 0 Å². The van der Waals surface area contributed by atoms with Crippen LogP contribution in [0.25, 0.3) is 0 Å². The third-order valence-corrected chi connectivity index (χ3v) is 4.30. The van der Waals surface area contributed by atoms with Crippen LogP contribution >= 0.6 is 0 Å². The summed E-state index contributed by atoms with van der Waals surface area (Å²) in [5.41, 5.74) is 7.40. The summed E-state index contributed by atoms with van der Waals surface area (Å²) in [5.74, 6) is -0.0690. The fraction of sp³-hybridized carbons (Fsp3) is 0.647. The zero-order valence-electron chi connectivity index (χ0n) is 13.2. The summed E-state index contributed by atoms with van der Waals surface area (Å²) in [4.78, 5) is 2.21. The van der Waals surface area contributed by atoms with Crippen LogP contribution in [0.1, 0.15) is 51.9 Å². The van der Waals surface area contributed by atoms with Gasteiger partial charge >= 0.3 is 0 Å². The molecule has 0 unspecified atom stereocenters. The Labute approximate surface area is 127 Å². The first kappa shape index (κ1) is 15.9. The van der Waals surface area contributed by atoms with E-state index in [1.54, 1.807) is 6.07 Å². The van der Waals surface area contributed by atoms with Crippen LogP contribution in [0.2, 0.25) is 0 Å². The molecular formula is C17H27FN2O. The van der Waals surface area contributed by atoms with Gasteiger partial charge in [0.2, 0.25) is 0 Å². The minimum Gasteiger partial charge on any atom is -0.490 e. The highest BCUT2D eigenvalue weighted by Crippen LogP contribution is 2.34. The number of nitrogen functional groups attached to an aromatic ring is 1. The summed E-state index contributed by atoms with van der Waals surface area (Å²) in [7, 11) is 2.06. The monoisotopic (exact) mass is 294 g/mol. The number of nitrogens with two attached hydrogens (primary N) is 1. The van der Waals surface area contributed by atoms with E-state index in [0.29, 0.717) is 24.1 Å². The third kappa shape index (κ3) is 4.02. The molecule has 1 aliphatic carbocycles. The molecule has 2 rings (SSSR count). The molecule has 0 aliphatic heterocycles. The maximum absolute atomic E-state index is 13.9. The molecule has 21 heavy (non-hydrogen) atoms. The Morgan fingerprint density at radius 1 is 1.24 bits per heavy atom. The number of hydrogen-bond donors (Lipinski definition) is 1. The average molecular weight is 294 g/mol. The minimum absolute atomic E-state index is 0.307. The van der Waals surface area contributed by atoms with E-state index in [0.717, 1.165) is 12.1 Å². The SMILES string of the molecule is CCCOc1cc(N(C)C2CCCCCC2)c(N)cc1F. The van der Waals surface area contributed by atoms with Gasteiger partial charge in [-0.15, -0.1) is 0 Å². The maximum atomic E-state index is 13.9. The Hall–Kier alpha value is -1.45. The highest BCUT2D eigenvalue weighted by Gasteiger charge is 2.20. The van der Waals surface area contributed by atoms with Gasteiger partial charge in [-0.05, 0) is 19.3 Å². The Kier molecular flexibility index (Phi) is 5.71. The Morgan fingerprint density at radius 3 is 2.52 bits per heavy atom. The topological polar surface area (TPSA) is 38.5 Å². The molecule has 1 aromatic rings. The van der Waals surface area contributed by atoms with Crippen molar-refractivity contribution in [3.05, 3.63) is 17.9 Å². The average Bonchev–Trinajstić information content (AvgIpc) is 2.75. The highest BCUT2D eigenvalue weighted by atomic mass is 19.1. The van der Waals surface area contributed by atoms with Crippen molar-refractivity contribution in [1.82, 2.24) is 0 Å². The fourth-order valence-electron chi connectivity index (χ4n) is 3.03. The highest BCUT2D eigenvalue weighted by molar-refractivity contribution is 5.70. The summed E-state index contributed by atoms with van der Waals surface area (Å²) in [5, 5.41) is 0. The summed E-state index contributed by atoms with van der Waals surface area (Å²) < 4.78 is 19.4. The van der Waals surface area contributed by atoms with Crippen LogP contribution in [0.5, 0.6) is 5.75 Å². The van der Waals surface area contributed by atoms with Crippen molar-refractivity contribution in [2.45, 2.75) is 57.9 Å². The number of benzene rings is 1. The van der Waals surface area contributed by atoms with Crippen LogP contribution in [-0.4, -0.2) is 19.7 Å². The molecule has 118 valence electrons. The van der Waals surface area contributed by atoms with Crippen molar-refractivity contribution in [2.75, 3.05) is 24.3 Å². The Bertz CT molecular complexity index is 456. The van der Waals surface area contributed by atoms with E-state index in [-0.39, 0.29) is 5.82 Å². The van der Waals surface area contributed by atoms with Crippen molar-refractivity contribution in [3.8, 4) is 5.75 Å². The van der Waals surface area contributed by atoms with E-state index in [1.165, 1.54) is 44.6 Å². The molecule has 0 saturated heterocycles. The molecule has 0 aromatic heterocycles. The van der Waals surface area contributed by atoms with Crippen LogP contribution in [0.3, 0.4) is 0 Å². The minimum atomic E-state index is -0.376. The molecular weight excluding hydrogens is 267 g/mol. The quantitative estimate of drug-likeness (QED) is 0.648. The molecule has 0 spiro atoms. The van der Waals surface area contributed by atoms with Gasteiger partial charge in [0, 0.05) is 25.2 Å². The number of anilines is 2. The number of nitrogens with zero attached hydrogens (tertiary/aromatic N) is 1. The number of hydrogen-bond acceptors (Lipinski definition) is 3. The predicted molar refractivity (Wildman–Crippen MR) is 86.5 cm³/mol. The van der Waals surface area contributed by atoms with Gasteiger partial charge in [-0.2, -0.15) is 0 Å². The fourth-order valence-corrected chi connectivity index (χ4v) is 3.03. The van der Waals surface area contributed by atoms with Gasteiger partial charge in [0.15, 0.2) is 11.6 Å².